The van der Waals surface area contributed by atoms with Crippen LogP contribution in [0.3, 0.4) is 0 Å². The second-order valence-corrected chi connectivity index (χ2v) is 8.25. The van der Waals surface area contributed by atoms with E-state index in [1.54, 1.807) is 11.8 Å². The summed E-state index contributed by atoms with van der Waals surface area (Å²) < 4.78 is 7.37. The molecule has 26 heavy (non-hydrogen) atoms. The number of alkyl carbamates (subject to hydrolysis) is 1. The van der Waals surface area contributed by atoms with Crippen LogP contribution in [0, 0.1) is 0 Å². The number of ether oxygens (including phenoxy) is 1. The van der Waals surface area contributed by atoms with Crippen LogP contribution in [0.1, 0.15) is 63.7 Å². The Bertz CT molecular complexity index is 817. The van der Waals surface area contributed by atoms with E-state index in [4.69, 9.17) is 14.7 Å². The lowest BCUT2D eigenvalue weighted by atomic mass is 10.2. The highest BCUT2D eigenvalue weighted by Crippen LogP contribution is 2.40. The van der Waals surface area contributed by atoms with Crippen LogP contribution in [0.25, 0.3) is 11.2 Å². The third-order valence-electron chi connectivity index (χ3n) is 5.01. The first-order valence-electron chi connectivity index (χ1n) is 9.30. The molecule has 0 unspecified atom stereocenters. The third kappa shape index (κ3) is 3.51. The maximum Gasteiger partial charge on any atom is 0.407 e. The second kappa shape index (κ2) is 7.06. The normalized spacial score (nSPS) is 22.9. The van der Waals surface area contributed by atoms with E-state index in [0.717, 1.165) is 41.3 Å². The molecule has 7 nitrogen and oxygen atoms in total. The molecular weight excluding hydrogens is 350 g/mol. The van der Waals surface area contributed by atoms with Crippen LogP contribution in [0.4, 0.5) is 4.79 Å². The molecule has 2 fully saturated rings. The summed E-state index contributed by atoms with van der Waals surface area (Å²) in [5.74, 6) is 1.47. The molecule has 0 saturated heterocycles. The Morgan fingerprint density at radius 3 is 2.81 bits per heavy atom. The average molecular weight is 375 g/mol. The van der Waals surface area contributed by atoms with Crippen molar-refractivity contribution >= 4 is 29.0 Å². The van der Waals surface area contributed by atoms with Crippen molar-refractivity contribution in [3.63, 3.8) is 0 Å². The molecule has 2 atom stereocenters. The minimum atomic E-state index is -0.329. The fourth-order valence-electron chi connectivity index (χ4n) is 3.60. The summed E-state index contributed by atoms with van der Waals surface area (Å²) in [6, 6.07) is 0.425. The zero-order chi connectivity index (χ0) is 18.3. The van der Waals surface area contributed by atoms with Crippen molar-refractivity contribution in [1.82, 2.24) is 24.8 Å². The van der Waals surface area contributed by atoms with E-state index in [0.29, 0.717) is 12.0 Å². The Hall–Kier alpha value is -1.83. The van der Waals surface area contributed by atoms with Gasteiger partial charge in [-0.1, -0.05) is 0 Å². The number of carbonyl (C=O) groups excluding carboxylic acids is 1. The molecule has 1 N–H and O–H groups in total. The number of nitrogens with zero attached hydrogens (tertiary/aromatic N) is 4. The lowest BCUT2D eigenvalue weighted by Crippen LogP contribution is -2.34. The van der Waals surface area contributed by atoms with Gasteiger partial charge >= 0.3 is 6.09 Å². The molecular formula is C18H25N5O2S. The van der Waals surface area contributed by atoms with Crippen LogP contribution in [-0.2, 0) is 4.74 Å². The van der Waals surface area contributed by atoms with Crippen molar-refractivity contribution in [1.29, 1.82) is 0 Å². The Morgan fingerprint density at radius 2 is 2.12 bits per heavy atom. The predicted molar refractivity (Wildman–Crippen MR) is 101 cm³/mol. The average Bonchev–Trinajstić information content (AvgIpc) is 3.21. The summed E-state index contributed by atoms with van der Waals surface area (Å²) in [6.45, 7) is 3.71. The maximum atomic E-state index is 11.8. The number of aromatic nitrogens is 4. The molecule has 0 bridgehead atoms. The highest BCUT2D eigenvalue weighted by molar-refractivity contribution is 7.98. The lowest BCUT2D eigenvalue weighted by Gasteiger charge is -2.16. The molecule has 0 aromatic carbocycles. The fourth-order valence-corrected chi connectivity index (χ4v) is 4.12. The van der Waals surface area contributed by atoms with Crippen molar-refractivity contribution in [2.24, 2.45) is 0 Å². The van der Waals surface area contributed by atoms with Gasteiger partial charge in [-0.3, -0.25) is 0 Å². The lowest BCUT2D eigenvalue weighted by molar-refractivity contribution is 0.112. The highest BCUT2D eigenvalue weighted by Gasteiger charge is 2.31. The van der Waals surface area contributed by atoms with Gasteiger partial charge in [0.05, 0.1) is 12.4 Å². The maximum absolute atomic E-state index is 11.8. The molecule has 1 amide bonds. The first-order chi connectivity index (χ1) is 12.5. The molecule has 140 valence electrons. The largest absolute Gasteiger partial charge is 0.447 e. The minimum absolute atomic E-state index is 0.104. The molecule has 2 saturated carbocycles. The number of imidazole rings is 1. The first-order valence-corrected chi connectivity index (χ1v) is 10.5. The molecule has 0 radical (unpaired) electrons. The fraction of sp³-hybridized carbons (Fsp3) is 0.667. The molecule has 4 rings (SSSR count). The summed E-state index contributed by atoms with van der Waals surface area (Å²) >= 11 is 1.63. The summed E-state index contributed by atoms with van der Waals surface area (Å²) in [4.78, 5) is 26.0. The number of carbonyl (C=O) groups is 1. The smallest absolute Gasteiger partial charge is 0.407 e. The quantitative estimate of drug-likeness (QED) is 0.634. The number of nitrogens with one attached hydrogen (secondary N) is 1. The van der Waals surface area contributed by atoms with E-state index in [9.17, 15) is 4.79 Å². The van der Waals surface area contributed by atoms with Gasteiger partial charge in [-0.15, -0.1) is 11.8 Å². The van der Waals surface area contributed by atoms with Gasteiger partial charge in [-0.05, 0) is 52.2 Å². The van der Waals surface area contributed by atoms with Gasteiger partial charge in [-0.25, -0.2) is 19.7 Å². The Morgan fingerprint density at radius 1 is 1.31 bits per heavy atom. The number of hydrogen-bond donors (Lipinski definition) is 1. The van der Waals surface area contributed by atoms with E-state index in [1.807, 2.05) is 26.4 Å². The number of thioether (sulfide) groups is 1. The van der Waals surface area contributed by atoms with Crippen molar-refractivity contribution in [2.45, 2.75) is 75.1 Å². The number of amides is 1. The van der Waals surface area contributed by atoms with Crippen LogP contribution in [0.2, 0.25) is 0 Å². The first kappa shape index (κ1) is 17.6. The number of hydrogen-bond acceptors (Lipinski definition) is 6. The molecule has 2 aromatic rings. The van der Waals surface area contributed by atoms with E-state index >= 15 is 0 Å². The zero-order valence-corrected chi connectivity index (χ0v) is 16.3. The van der Waals surface area contributed by atoms with Gasteiger partial charge in [0.15, 0.2) is 5.65 Å². The monoisotopic (exact) mass is 375 g/mol. The van der Waals surface area contributed by atoms with Crippen LogP contribution in [0.15, 0.2) is 11.4 Å². The third-order valence-corrected chi connectivity index (χ3v) is 5.68. The van der Waals surface area contributed by atoms with Gasteiger partial charge in [-0.2, -0.15) is 0 Å². The van der Waals surface area contributed by atoms with Gasteiger partial charge in [0.2, 0.25) is 0 Å². The van der Waals surface area contributed by atoms with Crippen molar-refractivity contribution in [2.75, 3.05) is 6.26 Å². The van der Waals surface area contributed by atoms with Crippen LogP contribution < -0.4 is 5.32 Å². The summed E-state index contributed by atoms with van der Waals surface area (Å²) in [5, 5.41) is 3.94. The predicted octanol–water partition coefficient (Wildman–Crippen LogP) is 3.65. The van der Waals surface area contributed by atoms with Gasteiger partial charge in [0.25, 0.3) is 0 Å². The molecule has 2 aliphatic rings. The molecule has 0 spiro atoms. The molecule has 2 aromatic heterocycles. The zero-order valence-electron chi connectivity index (χ0n) is 15.4. The Balaban J connectivity index is 1.54. The van der Waals surface area contributed by atoms with Gasteiger partial charge < -0.3 is 14.6 Å². The second-order valence-electron chi connectivity index (χ2n) is 7.45. The summed E-state index contributed by atoms with van der Waals surface area (Å²) in [7, 11) is 0. The SMILES string of the molecule is CSc1nc(C2CC2)nc2c1ncn2[C@@H]1CC[C@H](NC(=O)OC(C)C)C1. The van der Waals surface area contributed by atoms with Crippen molar-refractivity contribution < 1.29 is 9.53 Å². The van der Waals surface area contributed by atoms with Gasteiger partial charge in [0.1, 0.15) is 16.4 Å². The van der Waals surface area contributed by atoms with Crippen molar-refractivity contribution in [3.05, 3.63) is 12.2 Å². The summed E-state index contributed by atoms with van der Waals surface area (Å²) in [5.41, 5.74) is 1.82. The Labute approximate surface area is 157 Å². The molecule has 0 aliphatic heterocycles. The van der Waals surface area contributed by atoms with Gasteiger partial charge in [0, 0.05) is 18.0 Å². The Kier molecular flexibility index (Phi) is 4.77. The van der Waals surface area contributed by atoms with Crippen LogP contribution in [-0.4, -0.2) is 44.0 Å². The molecule has 2 heterocycles. The van der Waals surface area contributed by atoms with Crippen LogP contribution in [0.5, 0.6) is 0 Å². The van der Waals surface area contributed by atoms with Crippen LogP contribution >= 0.6 is 11.8 Å². The topological polar surface area (TPSA) is 81.9 Å². The van der Waals surface area contributed by atoms with E-state index in [-0.39, 0.29) is 18.2 Å². The minimum Gasteiger partial charge on any atom is -0.447 e. The van der Waals surface area contributed by atoms with Crippen molar-refractivity contribution in [3.8, 4) is 0 Å². The number of fused-ring (bicyclic) bond motifs is 1. The van der Waals surface area contributed by atoms with E-state index in [2.05, 4.69) is 14.9 Å². The van der Waals surface area contributed by atoms with E-state index < -0.39 is 0 Å². The molecule has 2 aliphatic carbocycles. The van der Waals surface area contributed by atoms with E-state index in [1.165, 1.54) is 12.8 Å². The highest BCUT2D eigenvalue weighted by atomic mass is 32.2. The standard InChI is InChI=1S/C18H25N5O2S/c1-10(2)25-18(24)20-12-6-7-13(8-12)23-9-19-14-16(23)21-15(11-4-5-11)22-17(14)26-3/h9-13H,4-8H2,1-3H3,(H,20,24)/t12-,13+/m0/s1. The summed E-state index contributed by atoms with van der Waals surface area (Å²) in [6.07, 6.45) is 8.65. The molecule has 8 heteroatoms. The number of rotatable bonds is 5.